The molecule has 0 aromatic heterocycles. The Morgan fingerprint density at radius 2 is 1.94 bits per heavy atom. The van der Waals surface area contributed by atoms with E-state index in [2.05, 4.69) is 29.8 Å². The smallest absolute Gasteiger partial charge is 0.231 e. The average Bonchev–Trinajstić information content (AvgIpc) is 3.06. The van der Waals surface area contributed by atoms with Crippen molar-refractivity contribution < 1.29 is 29.0 Å². The lowest BCUT2D eigenvalue weighted by Gasteiger charge is -2.23. The van der Waals surface area contributed by atoms with Crippen molar-refractivity contribution in [3.8, 4) is 17.2 Å². The maximum absolute atomic E-state index is 13.1. The number of ether oxygens (including phenoxy) is 3. The van der Waals surface area contributed by atoms with Crippen molar-refractivity contribution in [2.24, 2.45) is 0 Å². The zero-order valence-corrected chi connectivity index (χ0v) is 19.3. The second kappa shape index (κ2) is 9.42. The highest BCUT2D eigenvalue weighted by Gasteiger charge is 2.31. The lowest BCUT2D eigenvalue weighted by atomic mass is 10.0. The molecular formula is C24H26BrNO5. The van der Waals surface area contributed by atoms with Crippen LogP contribution in [0.2, 0.25) is 0 Å². The molecule has 0 unspecified atom stereocenters. The van der Waals surface area contributed by atoms with Crippen molar-refractivity contribution in [1.29, 1.82) is 0 Å². The number of Topliss-reactive ketones (excluding diaryl/α,β-unsaturated/α-hetero) is 1. The summed E-state index contributed by atoms with van der Waals surface area (Å²) < 4.78 is 17.9. The van der Waals surface area contributed by atoms with Crippen molar-refractivity contribution in [3.63, 3.8) is 0 Å². The molecule has 0 radical (unpaired) electrons. The molecule has 0 spiro atoms. The lowest BCUT2D eigenvalue weighted by Crippen LogP contribution is -3.10. The van der Waals surface area contributed by atoms with Gasteiger partial charge in [0.15, 0.2) is 12.6 Å². The van der Waals surface area contributed by atoms with Crippen LogP contribution in [-0.2, 0) is 17.9 Å². The summed E-state index contributed by atoms with van der Waals surface area (Å²) in [7, 11) is 0. The van der Waals surface area contributed by atoms with Crippen LogP contribution in [0.3, 0.4) is 0 Å². The third-order valence-electron chi connectivity index (χ3n) is 5.52. The quantitative estimate of drug-likeness (QED) is 0.607. The molecule has 0 bridgehead atoms. The fourth-order valence-electron chi connectivity index (χ4n) is 4.17. The molecule has 2 aliphatic heterocycles. The van der Waals surface area contributed by atoms with Crippen LogP contribution in [0.1, 0.15) is 53.7 Å². The van der Waals surface area contributed by atoms with Crippen LogP contribution in [0.25, 0.3) is 6.08 Å². The van der Waals surface area contributed by atoms with Gasteiger partial charge < -0.3 is 24.2 Å². The van der Waals surface area contributed by atoms with Gasteiger partial charge in [0.1, 0.15) is 18.0 Å². The largest absolute Gasteiger partial charge is 0.872 e. The zero-order valence-electron chi connectivity index (χ0n) is 17.8. The number of hydrogen-bond donors (Lipinski definition) is 1. The predicted molar refractivity (Wildman–Crippen MR) is 118 cm³/mol. The molecular weight excluding hydrogens is 462 g/mol. The first-order valence-electron chi connectivity index (χ1n) is 10.7. The zero-order chi connectivity index (χ0) is 22.0. The van der Waals surface area contributed by atoms with E-state index in [-0.39, 0.29) is 24.1 Å². The van der Waals surface area contributed by atoms with E-state index in [0.29, 0.717) is 35.8 Å². The molecule has 2 aliphatic rings. The van der Waals surface area contributed by atoms with Gasteiger partial charge in [-0.3, -0.25) is 4.79 Å². The fourth-order valence-corrected chi connectivity index (χ4v) is 4.70. The van der Waals surface area contributed by atoms with Crippen molar-refractivity contribution in [3.05, 3.63) is 56.8 Å². The van der Waals surface area contributed by atoms with Gasteiger partial charge in [-0.15, -0.1) is 0 Å². The summed E-state index contributed by atoms with van der Waals surface area (Å²) in [4.78, 5) is 14.4. The lowest BCUT2D eigenvalue weighted by molar-refractivity contribution is -0.914. The molecule has 0 fully saturated rings. The van der Waals surface area contributed by atoms with Gasteiger partial charge in [0, 0.05) is 21.2 Å². The molecule has 1 N–H and O–H groups in total. The maximum atomic E-state index is 13.1. The molecule has 0 atom stereocenters. The van der Waals surface area contributed by atoms with Crippen molar-refractivity contribution in [2.75, 3.05) is 19.9 Å². The van der Waals surface area contributed by atoms with E-state index in [9.17, 15) is 9.90 Å². The number of allylic oxidation sites excluding steroid dienone is 1. The minimum absolute atomic E-state index is 0.0853. The number of quaternary nitrogens is 1. The summed E-state index contributed by atoms with van der Waals surface area (Å²) in [6.45, 7) is 7.37. The number of nitrogens with one attached hydrogen (secondary N) is 1. The SMILES string of the molecule is CCC[NH+](CCC)Cc1c([O-])ccc2c1O/C(=C\c1cc(Br)cc3c1OCOC3)C2=O. The number of carbonyl (C=O) groups excluding carboxylic acids is 1. The fraction of sp³-hybridized carbons (Fsp3) is 0.375. The molecule has 2 aromatic rings. The molecule has 31 heavy (non-hydrogen) atoms. The van der Waals surface area contributed by atoms with E-state index >= 15 is 0 Å². The summed E-state index contributed by atoms with van der Waals surface area (Å²) in [5.41, 5.74) is 2.65. The molecule has 7 heteroatoms. The Kier molecular flexibility index (Phi) is 6.65. The Balaban J connectivity index is 1.69. The van der Waals surface area contributed by atoms with Gasteiger partial charge >= 0.3 is 0 Å². The minimum atomic E-state index is -0.218. The van der Waals surface area contributed by atoms with Gasteiger partial charge in [-0.1, -0.05) is 41.6 Å². The molecule has 2 heterocycles. The Hall–Kier alpha value is -2.35. The number of carbonyl (C=O) groups is 1. The molecule has 6 nitrogen and oxygen atoms in total. The van der Waals surface area contributed by atoms with Crippen LogP contribution in [0.15, 0.2) is 34.5 Å². The number of fused-ring (bicyclic) bond motifs is 2. The number of rotatable bonds is 7. The highest BCUT2D eigenvalue weighted by molar-refractivity contribution is 9.10. The first-order chi connectivity index (χ1) is 15.0. The minimum Gasteiger partial charge on any atom is -0.872 e. The van der Waals surface area contributed by atoms with Crippen LogP contribution < -0.4 is 19.5 Å². The Morgan fingerprint density at radius 3 is 2.68 bits per heavy atom. The second-order valence-electron chi connectivity index (χ2n) is 7.88. The standard InChI is InChI=1S/C24H26BrNO5/c1-3-7-26(8-4-2)12-19-20(27)6-5-18-22(28)21(31-24(18)19)11-15-9-17(25)10-16-13-29-14-30-23(15)16/h5-6,9-11,27H,3-4,7-8,12-14H2,1-2H3/b21-11-. The van der Waals surface area contributed by atoms with Crippen molar-refractivity contribution in [2.45, 2.75) is 39.8 Å². The third kappa shape index (κ3) is 4.49. The summed E-state index contributed by atoms with van der Waals surface area (Å²) >= 11 is 3.50. The molecule has 2 aromatic carbocycles. The van der Waals surface area contributed by atoms with Gasteiger partial charge in [-0.25, -0.2) is 0 Å². The number of halogens is 1. The molecule has 4 rings (SSSR count). The average molecular weight is 488 g/mol. The maximum Gasteiger partial charge on any atom is 0.231 e. The van der Waals surface area contributed by atoms with Crippen LogP contribution in [0, 0.1) is 0 Å². The highest BCUT2D eigenvalue weighted by atomic mass is 79.9. The topological polar surface area (TPSA) is 72.3 Å². The van der Waals surface area contributed by atoms with Crippen molar-refractivity contribution in [1.82, 2.24) is 0 Å². The monoisotopic (exact) mass is 487 g/mol. The van der Waals surface area contributed by atoms with E-state index in [4.69, 9.17) is 14.2 Å². The first-order valence-corrected chi connectivity index (χ1v) is 11.4. The summed E-state index contributed by atoms with van der Waals surface area (Å²) in [5.74, 6) is 0.981. The van der Waals surface area contributed by atoms with E-state index < -0.39 is 0 Å². The summed E-state index contributed by atoms with van der Waals surface area (Å²) in [6.07, 6.45) is 3.75. The molecule has 0 saturated carbocycles. The van der Waals surface area contributed by atoms with Gasteiger partial charge in [-0.2, -0.15) is 0 Å². The molecule has 0 saturated heterocycles. The Labute approximate surface area is 190 Å². The van der Waals surface area contributed by atoms with Gasteiger partial charge in [0.2, 0.25) is 5.78 Å². The summed E-state index contributed by atoms with van der Waals surface area (Å²) in [5, 5.41) is 12.7. The van der Waals surface area contributed by atoms with Gasteiger partial charge in [0.05, 0.1) is 25.3 Å². The van der Waals surface area contributed by atoms with E-state index in [1.165, 1.54) is 11.0 Å². The van der Waals surface area contributed by atoms with Gasteiger partial charge in [-0.05, 0) is 37.1 Å². The number of benzene rings is 2. The first kappa shape index (κ1) is 21.9. The van der Waals surface area contributed by atoms with E-state index in [1.54, 1.807) is 12.1 Å². The second-order valence-corrected chi connectivity index (χ2v) is 8.80. The number of hydrogen-bond acceptors (Lipinski definition) is 5. The number of ketones is 1. The van der Waals surface area contributed by atoms with Gasteiger partial charge in [0.25, 0.3) is 0 Å². The molecule has 164 valence electrons. The van der Waals surface area contributed by atoms with Crippen LogP contribution in [-0.4, -0.2) is 25.7 Å². The van der Waals surface area contributed by atoms with Crippen LogP contribution >= 0.6 is 15.9 Å². The van der Waals surface area contributed by atoms with Crippen molar-refractivity contribution >= 4 is 27.8 Å². The van der Waals surface area contributed by atoms with E-state index in [1.807, 2.05) is 12.1 Å². The van der Waals surface area contributed by atoms with E-state index in [0.717, 1.165) is 41.5 Å². The van der Waals surface area contributed by atoms with Crippen LogP contribution in [0.5, 0.6) is 17.2 Å². The normalized spacial score (nSPS) is 16.3. The Morgan fingerprint density at radius 1 is 1.16 bits per heavy atom. The predicted octanol–water partition coefficient (Wildman–Crippen LogP) is 3.21. The van der Waals surface area contributed by atoms with Crippen LogP contribution in [0.4, 0.5) is 0 Å². The molecule has 0 aliphatic carbocycles. The molecule has 0 amide bonds. The Bertz CT molecular complexity index is 1030. The third-order valence-corrected chi connectivity index (χ3v) is 5.98. The summed E-state index contributed by atoms with van der Waals surface area (Å²) in [6, 6.07) is 6.87. The highest BCUT2D eigenvalue weighted by Crippen LogP contribution is 2.40.